The first-order valence-electron chi connectivity index (χ1n) is 7.51. The summed E-state index contributed by atoms with van der Waals surface area (Å²) >= 11 is 0. The van der Waals surface area contributed by atoms with Crippen LogP contribution < -0.4 is 20.5 Å². The monoisotopic (exact) mass is 314 g/mol. The Balaban J connectivity index is 1.74. The van der Waals surface area contributed by atoms with E-state index in [0.717, 1.165) is 17.1 Å². The lowest BCUT2D eigenvalue weighted by Crippen LogP contribution is -2.26. The van der Waals surface area contributed by atoms with Gasteiger partial charge in [-0.3, -0.25) is 4.79 Å². The van der Waals surface area contributed by atoms with E-state index in [9.17, 15) is 4.79 Å². The van der Waals surface area contributed by atoms with Gasteiger partial charge >= 0.3 is 0 Å². The number of benzene rings is 2. The molecule has 0 saturated carbocycles. The molecule has 3 N–H and O–H groups in total. The zero-order valence-electron chi connectivity index (χ0n) is 13.5. The van der Waals surface area contributed by atoms with E-state index in [2.05, 4.69) is 5.32 Å². The number of aryl methyl sites for hydroxylation is 1. The van der Waals surface area contributed by atoms with Crippen LogP contribution in [-0.2, 0) is 0 Å². The highest BCUT2D eigenvalue weighted by Gasteiger charge is 2.08. The van der Waals surface area contributed by atoms with Gasteiger partial charge in [-0.1, -0.05) is 12.1 Å². The van der Waals surface area contributed by atoms with Gasteiger partial charge in [0.05, 0.1) is 13.7 Å². The molecule has 0 heterocycles. The maximum atomic E-state index is 12.1. The second kappa shape index (κ2) is 8.08. The van der Waals surface area contributed by atoms with E-state index in [0.29, 0.717) is 30.8 Å². The van der Waals surface area contributed by atoms with Crippen molar-refractivity contribution in [3.05, 3.63) is 53.6 Å². The first-order valence-corrected chi connectivity index (χ1v) is 7.51. The summed E-state index contributed by atoms with van der Waals surface area (Å²) in [5.41, 5.74) is 7.82. The Labute approximate surface area is 136 Å². The molecule has 0 atom stereocenters. The molecular weight excluding hydrogens is 292 g/mol. The third-order valence-electron chi connectivity index (χ3n) is 3.42. The number of carbonyl (C=O) groups excluding carboxylic acids is 1. The largest absolute Gasteiger partial charge is 0.497 e. The van der Waals surface area contributed by atoms with Crippen LogP contribution >= 0.6 is 0 Å². The molecule has 2 rings (SSSR count). The van der Waals surface area contributed by atoms with Crippen LogP contribution in [0, 0.1) is 6.92 Å². The molecule has 122 valence electrons. The Morgan fingerprint density at radius 1 is 1.17 bits per heavy atom. The zero-order valence-corrected chi connectivity index (χ0v) is 13.5. The summed E-state index contributed by atoms with van der Waals surface area (Å²) in [6.45, 7) is 2.95. The van der Waals surface area contributed by atoms with Crippen LogP contribution in [0.3, 0.4) is 0 Å². The highest BCUT2D eigenvalue weighted by atomic mass is 16.5. The third-order valence-corrected chi connectivity index (χ3v) is 3.42. The van der Waals surface area contributed by atoms with Crippen molar-refractivity contribution in [2.45, 2.75) is 13.3 Å². The smallest absolute Gasteiger partial charge is 0.251 e. The summed E-state index contributed by atoms with van der Waals surface area (Å²) < 4.78 is 10.8. The van der Waals surface area contributed by atoms with E-state index < -0.39 is 0 Å². The van der Waals surface area contributed by atoms with Gasteiger partial charge in [-0.15, -0.1) is 0 Å². The fraction of sp³-hybridized carbons (Fsp3) is 0.278. The summed E-state index contributed by atoms with van der Waals surface area (Å²) in [6.07, 6.45) is 0.713. The van der Waals surface area contributed by atoms with Crippen LogP contribution in [0.5, 0.6) is 11.5 Å². The van der Waals surface area contributed by atoms with Crippen LogP contribution in [0.25, 0.3) is 0 Å². The zero-order chi connectivity index (χ0) is 16.7. The Hall–Kier alpha value is -2.69. The predicted octanol–water partition coefficient (Wildman–Crippen LogP) is 2.78. The average Bonchev–Trinajstić information content (AvgIpc) is 2.56. The maximum Gasteiger partial charge on any atom is 0.251 e. The molecule has 0 aliphatic rings. The summed E-state index contributed by atoms with van der Waals surface area (Å²) in [5, 5.41) is 2.88. The van der Waals surface area contributed by atoms with Crippen LogP contribution in [0.4, 0.5) is 5.69 Å². The normalized spacial score (nSPS) is 10.2. The predicted molar refractivity (Wildman–Crippen MR) is 91.0 cm³/mol. The molecule has 0 aliphatic heterocycles. The molecule has 0 bridgehead atoms. The van der Waals surface area contributed by atoms with E-state index in [1.807, 2.05) is 37.3 Å². The molecular formula is C18H22N2O3. The number of amides is 1. The minimum Gasteiger partial charge on any atom is -0.497 e. The fourth-order valence-electron chi connectivity index (χ4n) is 2.13. The van der Waals surface area contributed by atoms with E-state index >= 15 is 0 Å². The van der Waals surface area contributed by atoms with Gasteiger partial charge in [0.15, 0.2) is 0 Å². The second-order valence-corrected chi connectivity index (χ2v) is 5.21. The van der Waals surface area contributed by atoms with Crippen molar-refractivity contribution in [3.63, 3.8) is 0 Å². The minimum absolute atomic E-state index is 0.115. The SMILES string of the molecule is COc1cccc(OCCCNC(=O)c2cc(N)ccc2C)c1. The average molecular weight is 314 g/mol. The van der Waals surface area contributed by atoms with Gasteiger partial charge in [0.25, 0.3) is 5.91 Å². The lowest BCUT2D eigenvalue weighted by molar-refractivity contribution is 0.0951. The Morgan fingerprint density at radius 3 is 2.74 bits per heavy atom. The van der Waals surface area contributed by atoms with Crippen LogP contribution in [0.15, 0.2) is 42.5 Å². The number of rotatable bonds is 7. The van der Waals surface area contributed by atoms with Crippen LogP contribution in [-0.4, -0.2) is 26.2 Å². The Bertz CT molecular complexity index is 671. The molecule has 0 aliphatic carbocycles. The van der Waals surface area contributed by atoms with E-state index in [1.54, 1.807) is 19.2 Å². The highest BCUT2D eigenvalue weighted by molar-refractivity contribution is 5.96. The highest BCUT2D eigenvalue weighted by Crippen LogP contribution is 2.18. The molecule has 0 fully saturated rings. The Kier molecular flexibility index (Phi) is 5.86. The molecule has 0 saturated heterocycles. The fourth-order valence-corrected chi connectivity index (χ4v) is 2.13. The molecule has 0 spiro atoms. The minimum atomic E-state index is -0.115. The summed E-state index contributed by atoms with van der Waals surface area (Å²) in [5.74, 6) is 1.39. The standard InChI is InChI=1S/C18H22N2O3/c1-13-7-8-14(19)11-17(13)18(21)20-9-4-10-23-16-6-3-5-15(12-16)22-2/h3,5-8,11-12H,4,9-10,19H2,1-2H3,(H,20,21). The lowest BCUT2D eigenvalue weighted by Gasteiger charge is -2.10. The molecule has 0 aromatic heterocycles. The first kappa shape index (κ1) is 16.7. The molecule has 0 radical (unpaired) electrons. The number of ether oxygens (including phenoxy) is 2. The van der Waals surface area contributed by atoms with Gasteiger partial charge in [-0.2, -0.15) is 0 Å². The van der Waals surface area contributed by atoms with E-state index in [1.165, 1.54) is 0 Å². The number of hydrogen-bond donors (Lipinski definition) is 2. The van der Waals surface area contributed by atoms with Crippen molar-refractivity contribution >= 4 is 11.6 Å². The van der Waals surface area contributed by atoms with E-state index in [-0.39, 0.29) is 5.91 Å². The summed E-state index contributed by atoms with van der Waals surface area (Å²) in [7, 11) is 1.62. The van der Waals surface area contributed by atoms with Crippen molar-refractivity contribution < 1.29 is 14.3 Å². The number of anilines is 1. The topological polar surface area (TPSA) is 73.6 Å². The van der Waals surface area contributed by atoms with Gasteiger partial charge in [-0.05, 0) is 43.2 Å². The summed E-state index contributed by atoms with van der Waals surface area (Å²) in [6, 6.07) is 12.8. The van der Waals surface area contributed by atoms with Crippen LogP contribution in [0.2, 0.25) is 0 Å². The quantitative estimate of drug-likeness (QED) is 0.609. The van der Waals surface area contributed by atoms with Gasteiger partial charge < -0.3 is 20.5 Å². The molecule has 0 unspecified atom stereocenters. The molecule has 2 aromatic rings. The number of nitrogens with two attached hydrogens (primary N) is 1. The molecule has 23 heavy (non-hydrogen) atoms. The van der Waals surface area contributed by atoms with Crippen molar-refractivity contribution in [1.29, 1.82) is 0 Å². The van der Waals surface area contributed by atoms with Gasteiger partial charge in [0.1, 0.15) is 11.5 Å². The van der Waals surface area contributed by atoms with Gasteiger partial charge in [0, 0.05) is 23.9 Å². The van der Waals surface area contributed by atoms with Gasteiger partial charge in [-0.25, -0.2) is 0 Å². The third kappa shape index (κ3) is 4.92. The number of methoxy groups -OCH3 is 1. The summed E-state index contributed by atoms with van der Waals surface area (Å²) in [4.78, 5) is 12.1. The molecule has 5 heteroatoms. The van der Waals surface area contributed by atoms with Crippen molar-refractivity contribution in [2.24, 2.45) is 0 Å². The maximum absolute atomic E-state index is 12.1. The van der Waals surface area contributed by atoms with Crippen molar-refractivity contribution in [3.8, 4) is 11.5 Å². The first-order chi connectivity index (χ1) is 11.1. The van der Waals surface area contributed by atoms with Gasteiger partial charge in [0.2, 0.25) is 0 Å². The van der Waals surface area contributed by atoms with E-state index in [4.69, 9.17) is 15.2 Å². The number of nitrogens with one attached hydrogen (secondary N) is 1. The van der Waals surface area contributed by atoms with Crippen LogP contribution in [0.1, 0.15) is 22.3 Å². The van der Waals surface area contributed by atoms with Crippen molar-refractivity contribution in [2.75, 3.05) is 26.0 Å². The van der Waals surface area contributed by atoms with Crippen molar-refractivity contribution in [1.82, 2.24) is 5.32 Å². The molecule has 5 nitrogen and oxygen atoms in total. The number of nitrogen functional groups attached to an aromatic ring is 1. The second-order valence-electron chi connectivity index (χ2n) is 5.21. The molecule has 1 amide bonds. The lowest BCUT2D eigenvalue weighted by atomic mass is 10.1. The number of hydrogen-bond acceptors (Lipinski definition) is 4. The number of carbonyl (C=O) groups is 1. The Morgan fingerprint density at radius 2 is 1.96 bits per heavy atom. The molecule has 2 aromatic carbocycles.